The molecular formula is C9H13N3S. The summed E-state index contributed by atoms with van der Waals surface area (Å²) in [5.41, 5.74) is 6.88. The Hall–Kier alpha value is -0.920. The van der Waals surface area contributed by atoms with Gasteiger partial charge in [0, 0.05) is 6.42 Å². The normalized spacial score (nSPS) is 12.4. The summed E-state index contributed by atoms with van der Waals surface area (Å²) in [6.45, 7) is 2.11. The van der Waals surface area contributed by atoms with Gasteiger partial charge in [-0.05, 0) is 18.0 Å². The van der Waals surface area contributed by atoms with E-state index in [9.17, 15) is 0 Å². The number of aromatic nitrogens is 2. The van der Waals surface area contributed by atoms with Gasteiger partial charge in [-0.25, -0.2) is 0 Å². The van der Waals surface area contributed by atoms with Crippen LogP contribution in [0.1, 0.15) is 36.4 Å². The Morgan fingerprint density at radius 3 is 3.08 bits per heavy atom. The van der Waals surface area contributed by atoms with Crippen molar-refractivity contribution in [3.05, 3.63) is 10.6 Å². The van der Waals surface area contributed by atoms with E-state index in [0.29, 0.717) is 6.42 Å². The highest BCUT2D eigenvalue weighted by Gasteiger charge is 2.13. The Kier molecular flexibility index (Phi) is 3.87. The highest BCUT2D eigenvalue weighted by Crippen LogP contribution is 2.21. The van der Waals surface area contributed by atoms with Gasteiger partial charge in [-0.3, -0.25) is 0 Å². The van der Waals surface area contributed by atoms with Crippen LogP contribution in [0.25, 0.3) is 0 Å². The first-order chi connectivity index (χ1) is 6.29. The minimum Gasteiger partial charge on any atom is -0.322 e. The van der Waals surface area contributed by atoms with Crippen LogP contribution in [0.3, 0.4) is 0 Å². The van der Waals surface area contributed by atoms with Crippen LogP contribution in [0.2, 0.25) is 0 Å². The van der Waals surface area contributed by atoms with Crippen molar-refractivity contribution in [2.45, 2.75) is 32.2 Å². The van der Waals surface area contributed by atoms with E-state index >= 15 is 0 Å². The highest BCUT2D eigenvalue weighted by molar-refractivity contribution is 7.05. The van der Waals surface area contributed by atoms with Crippen molar-refractivity contribution >= 4 is 11.5 Å². The molecule has 1 heterocycles. The van der Waals surface area contributed by atoms with Gasteiger partial charge in [-0.2, -0.15) is 0 Å². The van der Waals surface area contributed by atoms with E-state index in [2.05, 4.69) is 22.4 Å². The average Bonchev–Trinajstić information content (AvgIpc) is 2.54. The first kappa shape index (κ1) is 10.2. The van der Waals surface area contributed by atoms with E-state index in [-0.39, 0.29) is 6.04 Å². The number of nitrogens with two attached hydrogens (primary N) is 1. The third-order valence-corrected chi connectivity index (χ3v) is 2.64. The molecule has 1 aromatic rings. The minimum atomic E-state index is -0.0912. The largest absolute Gasteiger partial charge is 0.322 e. The fourth-order valence-electron chi connectivity index (χ4n) is 1.13. The topological polar surface area (TPSA) is 51.8 Å². The second-order valence-corrected chi connectivity index (χ2v) is 3.63. The van der Waals surface area contributed by atoms with Gasteiger partial charge in [-0.1, -0.05) is 17.8 Å². The van der Waals surface area contributed by atoms with Crippen LogP contribution in [0.5, 0.6) is 0 Å². The predicted octanol–water partition coefficient (Wildman–Crippen LogP) is 1.51. The molecule has 0 aliphatic carbocycles. The number of terminal acetylenes is 1. The molecule has 0 saturated heterocycles. The number of hydrogen-bond acceptors (Lipinski definition) is 4. The number of rotatable bonds is 4. The zero-order valence-corrected chi connectivity index (χ0v) is 8.47. The summed E-state index contributed by atoms with van der Waals surface area (Å²) in [5.74, 6) is 2.55. The summed E-state index contributed by atoms with van der Waals surface area (Å²) in [4.78, 5) is 1.04. The lowest BCUT2D eigenvalue weighted by atomic mass is 10.1. The summed E-state index contributed by atoms with van der Waals surface area (Å²) in [6.07, 6.45) is 7.74. The number of nitrogens with zero attached hydrogens (tertiary/aromatic N) is 2. The van der Waals surface area contributed by atoms with Gasteiger partial charge in [0.25, 0.3) is 0 Å². The van der Waals surface area contributed by atoms with Crippen molar-refractivity contribution in [3.63, 3.8) is 0 Å². The molecular weight excluding hydrogens is 182 g/mol. The van der Waals surface area contributed by atoms with Gasteiger partial charge in [0.15, 0.2) is 0 Å². The Bertz CT molecular complexity index is 300. The van der Waals surface area contributed by atoms with E-state index < -0.39 is 0 Å². The van der Waals surface area contributed by atoms with Crippen molar-refractivity contribution in [3.8, 4) is 12.3 Å². The smallest absolute Gasteiger partial charge is 0.0803 e. The van der Waals surface area contributed by atoms with Crippen molar-refractivity contribution in [1.82, 2.24) is 9.59 Å². The molecule has 13 heavy (non-hydrogen) atoms. The average molecular weight is 195 g/mol. The van der Waals surface area contributed by atoms with Gasteiger partial charge >= 0.3 is 0 Å². The quantitative estimate of drug-likeness (QED) is 0.741. The van der Waals surface area contributed by atoms with Crippen molar-refractivity contribution in [1.29, 1.82) is 0 Å². The fourth-order valence-corrected chi connectivity index (χ4v) is 1.82. The van der Waals surface area contributed by atoms with Crippen LogP contribution in [-0.4, -0.2) is 9.59 Å². The lowest BCUT2D eigenvalue weighted by Gasteiger charge is -2.05. The lowest BCUT2D eigenvalue weighted by Crippen LogP contribution is -2.09. The van der Waals surface area contributed by atoms with E-state index in [1.807, 2.05) is 0 Å². The van der Waals surface area contributed by atoms with Crippen LogP contribution in [0.15, 0.2) is 0 Å². The molecule has 2 N–H and O–H groups in total. The zero-order valence-electron chi connectivity index (χ0n) is 7.66. The Balaban J connectivity index is 2.75. The molecule has 1 atom stereocenters. The zero-order chi connectivity index (χ0) is 9.68. The van der Waals surface area contributed by atoms with Gasteiger partial charge in [-0.15, -0.1) is 17.4 Å². The standard InChI is InChI=1S/C9H13N3S/c1-3-5-7(10)9-8(6-4-2)11-12-13-9/h1,7H,4-6,10H2,2H3. The molecule has 0 radical (unpaired) electrons. The summed E-state index contributed by atoms with van der Waals surface area (Å²) in [6, 6.07) is -0.0912. The number of aryl methyl sites for hydroxylation is 1. The van der Waals surface area contributed by atoms with Gasteiger partial charge in [0.2, 0.25) is 0 Å². The first-order valence-electron chi connectivity index (χ1n) is 4.29. The molecule has 3 nitrogen and oxygen atoms in total. The van der Waals surface area contributed by atoms with E-state index in [1.165, 1.54) is 11.5 Å². The van der Waals surface area contributed by atoms with Crippen molar-refractivity contribution < 1.29 is 0 Å². The van der Waals surface area contributed by atoms with Gasteiger partial charge in [0.05, 0.1) is 16.6 Å². The minimum absolute atomic E-state index is 0.0912. The highest BCUT2D eigenvalue weighted by atomic mass is 32.1. The van der Waals surface area contributed by atoms with Crippen LogP contribution in [-0.2, 0) is 6.42 Å². The molecule has 1 rings (SSSR count). The van der Waals surface area contributed by atoms with Crippen LogP contribution in [0.4, 0.5) is 0 Å². The van der Waals surface area contributed by atoms with Crippen LogP contribution >= 0.6 is 11.5 Å². The Morgan fingerprint density at radius 1 is 1.69 bits per heavy atom. The SMILES string of the molecule is C#CCC(N)c1snnc1CCC. The molecule has 70 valence electrons. The van der Waals surface area contributed by atoms with E-state index in [1.54, 1.807) is 0 Å². The Labute approximate surface area is 82.5 Å². The third-order valence-electron chi connectivity index (χ3n) is 1.75. The van der Waals surface area contributed by atoms with Gasteiger partial charge in [0.1, 0.15) is 0 Å². The van der Waals surface area contributed by atoms with E-state index in [4.69, 9.17) is 12.2 Å². The molecule has 0 bridgehead atoms. The third kappa shape index (κ3) is 2.51. The summed E-state index contributed by atoms with van der Waals surface area (Å²) >= 11 is 1.36. The van der Waals surface area contributed by atoms with Gasteiger partial charge < -0.3 is 5.73 Å². The second-order valence-electron chi connectivity index (χ2n) is 2.85. The maximum atomic E-state index is 5.87. The van der Waals surface area contributed by atoms with Crippen molar-refractivity contribution in [2.24, 2.45) is 5.73 Å². The maximum absolute atomic E-state index is 5.87. The van der Waals surface area contributed by atoms with E-state index in [0.717, 1.165) is 23.4 Å². The second kappa shape index (κ2) is 4.95. The fraction of sp³-hybridized carbons (Fsp3) is 0.556. The Morgan fingerprint density at radius 2 is 2.46 bits per heavy atom. The predicted molar refractivity (Wildman–Crippen MR) is 54.3 cm³/mol. The molecule has 0 aromatic carbocycles. The lowest BCUT2D eigenvalue weighted by molar-refractivity contribution is 0.742. The molecule has 0 fully saturated rings. The first-order valence-corrected chi connectivity index (χ1v) is 5.07. The molecule has 0 aliphatic rings. The molecule has 0 spiro atoms. The summed E-state index contributed by atoms with van der Waals surface area (Å²) in [7, 11) is 0. The molecule has 0 saturated carbocycles. The van der Waals surface area contributed by atoms with Crippen LogP contribution in [0, 0.1) is 12.3 Å². The van der Waals surface area contributed by atoms with Crippen LogP contribution < -0.4 is 5.73 Å². The molecule has 4 heteroatoms. The molecule has 0 aliphatic heterocycles. The summed E-state index contributed by atoms with van der Waals surface area (Å²) in [5, 5.41) is 4.03. The number of hydrogen-bond donors (Lipinski definition) is 1. The monoisotopic (exact) mass is 195 g/mol. The summed E-state index contributed by atoms with van der Waals surface area (Å²) < 4.78 is 3.89. The molecule has 1 aromatic heterocycles. The maximum Gasteiger partial charge on any atom is 0.0803 e. The molecule has 1 unspecified atom stereocenters. The molecule has 0 amide bonds. The van der Waals surface area contributed by atoms with Crippen molar-refractivity contribution in [2.75, 3.05) is 0 Å².